The van der Waals surface area contributed by atoms with E-state index in [1.165, 1.54) is 24.0 Å². The molecule has 0 aliphatic heterocycles. The topological polar surface area (TPSA) is 70.2 Å². The van der Waals surface area contributed by atoms with Crippen LogP contribution >= 0.6 is 0 Å². The molecule has 114 valence electrons. The summed E-state index contributed by atoms with van der Waals surface area (Å²) in [6.07, 6.45) is 4.56. The van der Waals surface area contributed by atoms with E-state index < -0.39 is 12.1 Å². The number of benzene rings is 1. The first-order valence-corrected chi connectivity index (χ1v) is 7.57. The Morgan fingerprint density at radius 2 is 2.00 bits per heavy atom. The zero-order valence-electron chi connectivity index (χ0n) is 12.7. The van der Waals surface area contributed by atoms with Gasteiger partial charge < -0.3 is 10.6 Å². The van der Waals surface area contributed by atoms with Gasteiger partial charge in [-0.25, -0.2) is 4.79 Å². The summed E-state index contributed by atoms with van der Waals surface area (Å²) in [5.74, 6) is -0.325. The Morgan fingerprint density at radius 3 is 2.76 bits per heavy atom. The minimum absolute atomic E-state index is 0.325. The highest BCUT2D eigenvalue weighted by Gasteiger charge is 2.18. The van der Waals surface area contributed by atoms with Crippen molar-refractivity contribution in [3.05, 3.63) is 29.3 Å². The average molecular weight is 289 g/mol. The van der Waals surface area contributed by atoms with Crippen molar-refractivity contribution in [3.8, 4) is 0 Å². The molecule has 0 saturated carbocycles. The summed E-state index contributed by atoms with van der Waals surface area (Å²) in [5, 5.41) is 8.10. The van der Waals surface area contributed by atoms with Crippen LogP contribution in [-0.4, -0.2) is 24.5 Å². The van der Waals surface area contributed by atoms with Gasteiger partial charge in [-0.2, -0.15) is 0 Å². The number of rotatable bonds is 4. The molecule has 3 N–H and O–H groups in total. The summed E-state index contributed by atoms with van der Waals surface area (Å²) < 4.78 is 0. The van der Waals surface area contributed by atoms with Gasteiger partial charge in [0.2, 0.25) is 5.91 Å². The summed E-state index contributed by atoms with van der Waals surface area (Å²) in [4.78, 5) is 23.3. The second kappa shape index (κ2) is 7.11. The molecule has 1 unspecified atom stereocenters. The Bertz CT molecular complexity index is 528. The molecule has 5 heteroatoms. The lowest BCUT2D eigenvalue weighted by atomic mass is 9.90. The zero-order chi connectivity index (χ0) is 15.2. The van der Waals surface area contributed by atoms with E-state index in [4.69, 9.17) is 0 Å². The summed E-state index contributed by atoms with van der Waals surface area (Å²) in [7, 11) is 0. The monoisotopic (exact) mass is 289 g/mol. The van der Waals surface area contributed by atoms with Crippen molar-refractivity contribution < 1.29 is 9.59 Å². The Kier molecular flexibility index (Phi) is 5.20. The number of hydrogen-bond acceptors (Lipinski definition) is 3. The molecule has 0 radical (unpaired) electrons. The molecule has 1 aromatic carbocycles. The van der Waals surface area contributed by atoms with Crippen LogP contribution in [-0.2, 0) is 17.6 Å². The minimum atomic E-state index is -0.457. The molecule has 3 amide bonds. The van der Waals surface area contributed by atoms with Gasteiger partial charge in [0.1, 0.15) is 6.04 Å². The molecular formula is C16H23N3O2. The van der Waals surface area contributed by atoms with Gasteiger partial charge in [0.15, 0.2) is 0 Å². The first-order chi connectivity index (χ1) is 10.1. The van der Waals surface area contributed by atoms with Gasteiger partial charge in [0.25, 0.3) is 0 Å². The molecule has 1 aliphatic rings. The number of anilines is 1. The Balaban J connectivity index is 2.01. The zero-order valence-corrected chi connectivity index (χ0v) is 12.7. The third-order valence-electron chi connectivity index (χ3n) is 3.74. The fraction of sp³-hybridized carbons (Fsp3) is 0.500. The largest absolute Gasteiger partial charge is 0.374 e. The van der Waals surface area contributed by atoms with E-state index in [0.29, 0.717) is 6.54 Å². The lowest BCUT2D eigenvalue weighted by Gasteiger charge is -2.22. The van der Waals surface area contributed by atoms with Crippen LogP contribution in [0.2, 0.25) is 0 Å². The molecule has 0 bridgehead atoms. The van der Waals surface area contributed by atoms with Crippen LogP contribution in [0.15, 0.2) is 18.2 Å². The van der Waals surface area contributed by atoms with Gasteiger partial charge in [0, 0.05) is 12.2 Å². The number of carbonyl (C=O) groups is 2. The van der Waals surface area contributed by atoms with Crippen LogP contribution in [0, 0.1) is 0 Å². The number of hydrogen-bond donors (Lipinski definition) is 3. The van der Waals surface area contributed by atoms with E-state index in [1.807, 2.05) is 19.1 Å². The van der Waals surface area contributed by atoms with Crippen molar-refractivity contribution in [2.75, 3.05) is 11.9 Å². The molecular weight excluding hydrogens is 266 g/mol. The highest BCUT2D eigenvalue weighted by atomic mass is 16.2. The van der Waals surface area contributed by atoms with Crippen LogP contribution in [0.1, 0.15) is 37.8 Å². The van der Waals surface area contributed by atoms with Crippen LogP contribution in [0.5, 0.6) is 0 Å². The Hall–Kier alpha value is -2.04. The van der Waals surface area contributed by atoms with Gasteiger partial charge in [-0.05, 0) is 56.7 Å². The number of aryl methyl sites for hydroxylation is 1. The molecule has 0 heterocycles. The molecule has 1 aliphatic carbocycles. The maximum atomic E-state index is 12.0. The van der Waals surface area contributed by atoms with Gasteiger partial charge in [-0.15, -0.1) is 0 Å². The SMILES string of the molecule is CCNC(=O)NC(=O)C(C)Nc1cccc2c1CCCC2. The van der Waals surface area contributed by atoms with E-state index in [-0.39, 0.29) is 5.91 Å². The summed E-state index contributed by atoms with van der Waals surface area (Å²) in [6, 6.07) is 5.26. The van der Waals surface area contributed by atoms with Crippen molar-refractivity contribution in [3.63, 3.8) is 0 Å². The van der Waals surface area contributed by atoms with Gasteiger partial charge in [-0.1, -0.05) is 12.1 Å². The molecule has 0 aromatic heterocycles. The predicted octanol–water partition coefficient (Wildman–Crippen LogP) is 2.21. The Labute approximate surface area is 125 Å². The van der Waals surface area contributed by atoms with E-state index in [2.05, 4.69) is 22.0 Å². The van der Waals surface area contributed by atoms with E-state index >= 15 is 0 Å². The molecule has 0 saturated heterocycles. The third kappa shape index (κ3) is 3.97. The van der Waals surface area contributed by atoms with Crippen molar-refractivity contribution in [1.29, 1.82) is 0 Å². The molecule has 5 nitrogen and oxygen atoms in total. The van der Waals surface area contributed by atoms with Crippen molar-refractivity contribution in [1.82, 2.24) is 10.6 Å². The molecule has 1 aromatic rings. The minimum Gasteiger partial charge on any atom is -0.374 e. The fourth-order valence-electron chi connectivity index (χ4n) is 2.64. The third-order valence-corrected chi connectivity index (χ3v) is 3.74. The summed E-state index contributed by atoms with van der Waals surface area (Å²) in [5.41, 5.74) is 3.68. The molecule has 21 heavy (non-hydrogen) atoms. The standard InChI is InChI=1S/C16H23N3O2/c1-3-17-16(21)19-15(20)11(2)18-14-10-6-8-12-7-4-5-9-13(12)14/h6,8,10-11,18H,3-5,7,9H2,1-2H3,(H2,17,19,20,21). The van der Waals surface area contributed by atoms with Crippen molar-refractivity contribution >= 4 is 17.6 Å². The highest BCUT2D eigenvalue weighted by molar-refractivity contribution is 5.98. The molecule has 0 spiro atoms. The first-order valence-electron chi connectivity index (χ1n) is 7.57. The fourth-order valence-corrected chi connectivity index (χ4v) is 2.64. The average Bonchev–Trinajstić information content (AvgIpc) is 2.47. The van der Waals surface area contributed by atoms with E-state index in [0.717, 1.165) is 18.5 Å². The number of carbonyl (C=O) groups excluding carboxylic acids is 2. The number of amides is 3. The number of nitrogens with one attached hydrogen (secondary N) is 3. The lowest BCUT2D eigenvalue weighted by molar-refractivity contribution is -0.120. The van der Waals surface area contributed by atoms with E-state index in [1.54, 1.807) is 6.92 Å². The maximum Gasteiger partial charge on any atom is 0.321 e. The van der Waals surface area contributed by atoms with Crippen LogP contribution in [0.3, 0.4) is 0 Å². The number of fused-ring (bicyclic) bond motifs is 1. The first kappa shape index (κ1) is 15.4. The normalized spacial score (nSPS) is 14.8. The van der Waals surface area contributed by atoms with E-state index in [9.17, 15) is 9.59 Å². The number of imide groups is 1. The van der Waals surface area contributed by atoms with Crippen LogP contribution < -0.4 is 16.0 Å². The predicted molar refractivity (Wildman–Crippen MR) is 83.4 cm³/mol. The smallest absolute Gasteiger partial charge is 0.321 e. The lowest BCUT2D eigenvalue weighted by Crippen LogP contribution is -2.45. The van der Waals surface area contributed by atoms with Crippen molar-refractivity contribution in [2.45, 2.75) is 45.6 Å². The maximum absolute atomic E-state index is 12.0. The van der Waals surface area contributed by atoms with Gasteiger partial charge in [0.05, 0.1) is 0 Å². The molecule has 1 atom stereocenters. The van der Waals surface area contributed by atoms with Crippen LogP contribution in [0.25, 0.3) is 0 Å². The summed E-state index contributed by atoms with van der Waals surface area (Å²) in [6.45, 7) is 4.06. The number of urea groups is 1. The highest BCUT2D eigenvalue weighted by Crippen LogP contribution is 2.28. The van der Waals surface area contributed by atoms with Gasteiger partial charge in [-0.3, -0.25) is 10.1 Å². The quantitative estimate of drug-likeness (QED) is 0.796. The van der Waals surface area contributed by atoms with Gasteiger partial charge >= 0.3 is 6.03 Å². The van der Waals surface area contributed by atoms with Crippen LogP contribution in [0.4, 0.5) is 10.5 Å². The second-order valence-electron chi connectivity index (χ2n) is 5.37. The Morgan fingerprint density at radius 1 is 1.24 bits per heavy atom. The molecule has 2 rings (SSSR count). The van der Waals surface area contributed by atoms with Crippen molar-refractivity contribution in [2.24, 2.45) is 0 Å². The molecule has 0 fully saturated rings. The summed E-state index contributed by atoms with van der Waals surface area (Å²) >= 11 is 0. The second-order valence-corrected chi connectivity index (χ2v) is 5.37.